The van der Waals surface area contributed by atoms with E-state index in [-0.39, 0.29) is 6.04 Å². The van der Waals surface area contributed by atoms with E-state index in [1.165, 1.54) is 11.5 Å². The molecule has 0 aliphatic heterocycles. The minimum Gasteiger partial charge on any atom is -0.311 e. The summed E-state index contributed by atoms with van der Waals surface area (Å²) in [5.41, 5.74) is 0. The van der Waals surface area contributed by atoms with Crippen molar-refractivity contribution in [2.45, 2.75) is 12.5 Å². The zero-order valence-electron chi connectivity index (χ0n) is 6.24. The van der Waals surface area contributed by atoms with Crippen LogP contribution in [0.1, 0.15) is 17.3 Å². The minimum absolute atomic E-state index is 0.208. The van der Waals surface area contributed by atoms with Crippen molar-refractivity contribution in [3.63, 3.8) is 0 Å². The van der Waals surface area contributed by atoms with Gasteiger partial charge in [0.2, 0.25) is 0 Å². The van der Waals surface area contributed by atoms with Crippen LogP contribution in [0.5, 0.6) is 0 Å². The molecule has 0 bridgehead atoms. The van der Waals surface area contributed by atoms with Crippen molar-refractivity contribution >= 4 is 11.5 Å². The Balaban J connectivity index is 2.65. The maximum Gasteiger partial charge on any atom is 0.0669 e. The van der Waals surface area contributed by atoms with Gasteiger partial charge in [0.1, 0.15) is 0 Å². The van der Waals surface area contributed by atoms with Gasteiger partial charge in [-0.05, 0) is 18.6 Å². The van der Waals surface area contributed by atoms with E-state index in [0.717, 1.165) is 4.88 Å². The van der Waals surface area contributed by atoms with Crippen LogP contribution in [0.4, 0.5) is 0 Å². The lowest BCUT2D eigenvalue weighted by molar-refractivity contribution is 0.621. The fourth-order valence-electron chi connectivity index (χ4n) is 0.791. The third-order valence-corrected chi connectivity index (χ3v) is 2.17. The molecule has 3 nitrogen and oxygen atoms in total. The van der Waals surface area contributed by atoms with Gasteiger partial charge in [0.25, 0.3) is 0 Å². The molecular formula is C7H9N3S. The molecule has 0 amide bonds. The van der Waals surface area contributed by atoms with E-state index in [0.29, 0.717) is 6.42 Å². The highest BCUT2D eigenvalue weighted by atomic mass is 32.1. The fourth-order valence-corrected chi connectivity index (χ4v) is 1.40. The third kappa shape index (κ3) is 2.00. The zero-order chi connectivity index (χ0) is 8.10. The summed E-state index contributed by atoms with van der Waals surface area (Å²) in [5, 5.41) is 6.83. The Morgan fingerprint density at radius 1 is 1.91 bits per heavy atom. The summed E-state index contributed by atoms with van der Waals surface area (Å²) in [5.74, 6) is 2.60. The van der Waals surface area contributed by atoms with E-state index in [1.54, 1.807) is 6.20 Å². The van der Waals surface area contributed by atoms with Crippen molar-refractivity contribution < 1.29 is 0 Å². The summed E-state index contributed by atoms with van der Waals surface area (Å²) >= 11 is 1.38. The van der Waals surface area contributed by atoms with Gasteiger partial charge < -0.3 is 5.32 Å². The minimum atomic E-state index is 0.208. The van der Waals surface area contributed by atoms with Gasteiger partial charge in [-0.1, -0.05) is 4.49 Å². The van der Waals surface area contributed by atoms with Crippen LogP contribution in [0.2, 0.25) is 0 Å². The second kappa shape index (κ2) is 4.06. The maximum atomic E-state index is 5.18. The number of nitrogens with one attached hydrogen (secondary N) is 1. The first-order valence-corrected chi connectivity index (χ1v) is 4.03. The van der Waals surface area contributed by atoms with Crippen molar-refractivity contribution in [1.29, 1.82) is 0 Å². The molecule has 0 fully saturated rings. The average Bonchev–Trinajstić information content (AvgIpc) is 2.52. The summed E-state index contributed by atoms with van der Waals surface area (Å²) < 4.78 is 3.76. The molecule has 0 aliphatic carbocycles. The Morgan fingerprint density at radius 2 is 2.73 bits per heavy atom. The van der Waals surface area contributed by atoms with Gasteiger partial charge in [0, 0.05) is 6.42 Å². The number of nitrogens with zero attached hydrogens (tertiary/aromatic N) is 2. The zero-order valence-corrected chi connectivity index (χ0v) is 7.06. The van der Waals surface area contributed by atoms with E-state index >= 15 is 0 Å². The lowest BCUT2D eigenvalue weighted by Gasteiger charge is -2.07. The number of hydrogen-bond acceptors (Lipinski definition) is 4. The predicted molar refractivity (Wildman–Crippen MR) is 45.2 cm³/mol. The van der Waals surface area contributed by atoms with E-state index in [4.69, 9.17) is 6.42 Å². The predicted octanol–water partition coefficient (Wildman–Crippen LogP) is 0.822. The van der Waals surface area contributed by atoms with Gasteiger partial charge in [0.05, 0.1) is 17.1 Å². The van der Waals surface area contributed by atoms with Gasteiger partial charge in [-0.25, -0.2) is 0 Å². The third-order valence-electron chi connectivity index (χ3n) is 1.39. The molecule has 58 valence electrons. The van der Waals surface area contributed by atoms with Crippen LogP contribution in [0, 0.1) is 12.3 Å². The summed E-state index contributed by atoms with van der Waals surface area (Å²) in [6, 6.07) is 0.208. The lowest BCUT2D eigenvalue weighted by atomic mass is 10.2. The molecule has 1 aromatic heterocycles. The molecule has 11 heavy (non-hydrogen) atoms. The normalized spacial score (nSPS) is 12.4. The molecule has 1 unspecified atom stereocenters. The van der Waals surface area contributed by atoms with Crippen LogP contribution in [0.3, 0.4) is 0 Å². The Kier molecular flexibility index (Phi) is 3.02. The molecule has 0 saturated carbocycles. The smallest absolute Gasteiger partial charge is 0.0669 e. The molecule has 1 atom stereocenters. The fraction of sp³-hybridized carbons (Fsp3) is 0.429. The number of terminal acetylenes is 1. The topological polar surface area (TPSA) is 37.8 Å². The Labute approximate surface area is 70.0 Å². The molecule has 0 aliphatic rings. The van der Waals surface area contributed by atoms with Crippen LogP contribution in [-0.2, 0) is 0 Å². The highest BCUT2D eigenvalue weighted by Gasteiger charge is 2.08. The summed E-state index contributed by atoms with van der Waals surface area (Å²) in [6.07, 6.45) is 7.61. The second-order valence-electron chi connectivity index (χ2n) is 2.07. The van der Waals surface area contributed by atoms with Gasteiger partial charge in [-0.2, -0.15) is 0 Å². The standard InChI is InChI=1S/C7H9N3S/c1-3-4-6(8-2)7-5-9-10-11-7/h1,5-6,8H,4H2,2H3. The van der Waals surface area contributed by atoms with Crippen LogP contribution in [-0.4, -0.2) is 16.6 Å². The molecule has 1 aromatic rings. The first-order valence-electron chi connectivity index (χ1n) is 3.26. The lowest BCUT2D eigenvalue weighted by Crippen LogP contribution is -2.14. The van der Waals surface area contributed by atoms with Gasteiger partial charge >= 0.3 is 0 Å². The van der Waals surface area contributed by atoms with Crippen LogP contribution in [0.15, 0.2) is 6.20 Å². The molecule has 1 heterocycles. The first kappa shape index (κ1) is 8.18. The van der Waals surface area contributed by atoms with Crippen molar-refractivity contribution in [2.75, 3.05) is 7.05 Å². The number of aromatic nitrogens is 2. The van der Waals surface area contributed by atoms with E-state index in [1.807, 2.05) is 7.05 Å². The van der Waals surface area contributed by atoms with E-state index in [2.05, 4.69) is 20.8 Å². The quantitative estimate of drug-likeness (QED) is 0.677. The largest absolute Gasteiger partial charge is 0.311 e. The maximum absolute atomic E-state index is 5.18. The summed E-state index contributed by atoms with van der Waals surface area (Å²) in [4.78, 5) is 1.09. The van der Waals surface area contributed by atoms with E-state index < -0.39 is 0 Å². The molecule has 0 aromatic carbocycles. The monoisotopic (exact) mass is 167 g/mol. The Bertz CT molecular complexity index is 237. The van der Waals surface area contributed by atoms with E-state index in [9.17, 15) is 0 Å². The number of rotatable bonds is 3. The molecule has 1 N–H and O–H groups in total. The molecule has 0 spiro atoms. The summed E-state index contributed by atoms with van der Waals surface area (Å²) in [7, 11) is 1.88. The van der Waals surface area contributed by atoms with Crippen molar-refractivity contribution in [3.05, 3.63) is 11.1 Å². The van der Waals surface area contributed by atoms with Crippen LogP contribution < -0.4 is 5.32 Å². The van der Waals surface area contributed by atoms with Gasteiger partial charge in [0.15, 0.2) is 0 Å². The summed E-state index contributed by atoms with van der Waals surface area (Å²) in [6.45, 7) is 0. The Morgan fingerprint density at radius 3 is 3.18 bits per heavy atom. The number of hydrogen-bond donors (Lipinski definition) is 1. The van der Waals surface area contributed by atoms with Crippen molar-refractivity contribution in [3.8, 4) is 12.3 Å². The SMILES string of the molecule is C#CCC(NC)c1cnns1. The van der Waals surface area contributed by atoms with Crippen molar-refractivity contribution in [2.24, 2.45) is 0 Å². The molecule has 4 heteroatoms. The second-order valence-corrected chi connectivity index (χ2v) is 2.89. The molecule has 0 radical (unpaired) electrons. The highest BCUT2D eigenvalue weighted by molar-refractivity contribution is 7.05. The Hall–Kier alpha value is -0.920. The average molecular weight is 167 g/mol. The highest BCUT2D eigenvalue weighted by Crippen LogP contribution is 2.17. The molecular weight excluding hydrogens is 158 g/mol. The first-order chi connectivity index (χ1) is 5.38. The van der Waals surface area contributed by atoms with Crippen molar-refractivity contribution in [1.82, 2.24) is 14.9 Å². The molecule has 0 saturated heterocycles. The van der Waals surface area contributed by atoms with Crippen LogP contribution >= 0.6 is 11.5 Å². The van der Waals surface area contributed by atoms with Crippen LogP contribution in [0.25, 0.3) is 0 Å². The van der Waals surface area contributed by atoms with Gasteiger partial charge in [-0.3, -0.25) is 0 Å². The molecule has 1 rings (SSSR count). The van der Waals surface area contributed by atoms with Gasteiger partial charge in [-0.15, -0.1) is 17.4 Å².